The number of amides is 1. The lowest BCUT2D eigenvalue weighted by molar-refractivity contribution is -0.385. The highest BCUT2D eigenvalue weighted by atomic mass is 16.6. The van der Waals surface area contributed by atoms with Crippen LogP contribution in [0, 0.1) is 21.4 Å². The average molecular weight is 235 g/mol. The number of nitro benzene ring substituents is 1. The summed E-state index contributed by atoms with van der Waals surface area (Å²) >= 11 is 0. The Hall–Kier alpha value is -2.62. The second-order valence-electron chi connectivity index (χ2n) is 2.98. The molecule has 0 saturated carbocycles. The summed E-state index contributed by atoms with van der Waals surface area (Å²) in [6, 6.07) is 5.56. The van der Waals surface area contributed by atoms with Gasteiger partial charge >= 0.3 is 5.69 Å². The highest BCUT2D eigenvalue weighted by molar-refractivity contribution is 5.95. The summed E-state index contributed by atoms with van der Waals surface area (Å²) in [5.74, 6) is -0.468. The van der Waals surface area contributed by atoms with E-state index < -0.39 is 10.8 Å². The van der Waals surface area contributed by atoms with Gasteiger partial charge in [0, 0.05) is 11.6 Å². The Morgan fingerprint density at radius 3 is 2.88 bits per heavy atom. The maximum Gasteiger partial charge on any atom is 0.311 e. The second kappa shape index (κ2) is 5.46. The number of hydrogen-bond donors (Lipinski definition) is 1. The van der Waals surface area contributed by atoms with Crippen molar-refractivity contribution in [1.29, 1.82) is 5.26 Å². The molecule has 0 fully saturated rings. The summed E-state index contributed by atoms with van der Waals surface area (Å²) in [7, 11) is 1.30. The Bertz CT molecular complexity index is 493. The van der Waals surface area contributed by atoms with Crippen LogP contribution in [0.15, 0.2) is 18.2 Å². The van der Waals surface area contributed by atoms with Crippen LogP contribution in [0.1, 0.15) is 10.4 Å². The molecule has 0 aliphatic rings. The third-order valence-electron chi connectivity index (χ3n) is 1.97. The van der Waals surface area contributed by atoms with Gasteiger partial charge in [-0.25, -0.2) is 0 Å². The molecule has 1 rings (SSSR count). The predicted octanol–water partition coefficient (Wildman–Crippen LogP) is 0.857. The molecule has 1 aromatic carbocycles. The first-order chi connectivity index (χ1) is 8.10. The molecule has 0 radical (unpaired) electrons. The van der Waals surface area contributed by atoms with Crippen molar-refractivity contribution < 1.29 is 14.5 Å². The van der Waals surface area contributed by atoms with Crippen LogP contribution in [0.4, 0.5) is 5.69 Å². The normalized spacial score (nSPS) is 9.18. The largest absolute Gasteiger partial charge is 0.490 e. The molecule has 1 aromatic rings. The van der Waals surface area contributed by atoms with Crippen LogP contribution in [0.5, 0.6) is 5.75 Å². The van der Waals surface area contributed by atoms with Gasteiger partial charge in [-0.3, -0.25) is 14.9 Å². The summed E-state index contributed by atoms with van der Waals surface area (Å²) < 4.78 is 4.80. The molecule has 0 atom stereocenters. The number of rotatable bonds is 4. The number of ether oxygens (including phenoxy) is 1. The van der Waals surface area contributed by atoms with E-state index in [4.69, 9.17) is 10.00 Å². The summed E-state index contributed by atoms with van der Waals surface area (Å²) in [4.78, 5) is 21.5. The number of nitrogens with zero attached hydrogens (tertiary/aromatic N) is 2. The zero-order valence-corrected chi connectivity index (χ0v) is 8.97. The van der Waals surface area contributed by atoms with E-state index in [1.165, 1.54) is 19.2 Å². The fourth-order valence-electron chi connectivity index (χ4n) is 1.20. The standard InChI is InChI=1S/C10H9N3O4/c1-17-9-3-2-7(6-8(9)13(15)16)10(14)12-5-4-11/h2-3,6H,5H2,1H3,(H,12,14). The Kier molecular flexibility index (Phi) is 4.00. The highest BCUT2D eigenvalue weighted by Gasteiger charge is 2.17. The Labute approximate surface area is 96.8 Å². The van der Waals surface area contributed by atoms with Gasteiger partial charge in [-0.05, 0) is 12.1 Å². The number of nitro groups is 1. The van der Waals surface area contributed by atoms with Crippen LogP contribution in [0.25, 0.3) is 0 Å². The smallest absolute Gasteiger partial charge is 0.311 e. The van der Waals surface area contributed by atoms with Crippen LogP contribution >= 0.6 is 0 Å². The van der Waals surface area contributed by atoms with Crippen molar-refractivity contribution in [3.8, 4) is 11.8 Å². The lowest BCUT2D eigenvalue weighted by Crippen LogP contribution is -2.23. The molecule has 0 heterocycles. The number of carbonyl (C=O) groups is 1. The van der Waals surface area contributed by atoms with Gasteiger partial charge in [0.15, 0.2) is 5.75 Å². The number of benzene rings is 1. The van der Waals surface area contributed by atoms with E-state index >= 15 is 0 Å². The first-order valence-electron chi connectivity index (χ1n) is 4.57. The molecular formula is C10H9N3O4. The van der Waals surface area contributed by atoms with Crippen molar-refractivity contribution in [2.75, 3.05) is 13.7 Å². The van der Waals surface area contributed by atoms with Crippen LogP contribution in [-0.4, -0.2) is 24.5 Å². The second-order valence-corrected chi connectivity index (χ2v) is 2.98. The van der Waals surface area contributed by atoms with E-state index in [9.17, 15) is 14.9 Å². The van der Waals surface area contributed by atoms with E-state index in [0.29, 0.717) is 0 Å². The minimum Gasteiger partial charge on any atom is -0.490 e. The summed E-state index contributed by atoms with van der Waals surface area (Å²) in [5.41, 5.74) is -0.190. The molecular weight excluding hydrogens is 226 g/mol. The van der Waals surface area contributed by atoms with Gasteiger partial charge in [0.1, 0.15) is 6.54 Å². The summed E-state index contributed by atoms with van der Waals surface area (Å²) in [6.45, 7) is -0.154. The van der Waals surface area contributed by atoms with Gasteiger partial charge in [0.05, 0.1) is 18.1 Å². The van der Waals surface area contributed by atoms with Crippen molar-refractivity contribution >= 4 is 11.6 Å². The average Bonchev–Trinajstić information content (AvgIpc) is 2.34. The van der Waals surface area contributed by atoms with Crippen LogP contribution in [0.3, 0.4) is 0 Å². The van der Waals surface area contributed by atoms with E-state index in [0.717, 1.165) is 6.07 Å². The first-order valence-corrected chi connectivity index (χ1v) is 4.57. The Balaban J connectivity index is 3.04. The van der Waals surface area contributed by atoms with Crippen LogP contribution in [0.2, 0.25) is 0 Å². The van der Waals surface area contributed by atoms with Crippen molar-refractivity contribution in [2.24, 2.45) is 0 Å². The molecule has 88 valence electrons. The third-order valence-corrected chi connectivity index (χ3v) is 1.97. The molecule has 0 aliphatic carbocycles. The van der Waals surface area contributed by atoms with Gasteiger partial charge < -0.3 is 10.1 Å². The molecule has 1 N–H and O–H groups in total. The molecule has 0 bridgehead atoms. The molecule has 0 aliphatic heterocycles. The van der Waals surface area contributed by atoms with Gasteiger partial charge in [-0.1, -0.05) is 0 Å². The van der Waals surface area contributed by atoms with E-state index in [2.05, 4.69) is 5.32 Å². The molecule has 0 saturated heterocycles. The molecule has 17 heavy (non-hydrogen) atoms. The number of hydrogen-bond acceptors (Lipinski definition) is 5. The fourth-order valence-corrected chi connectivity index (χ4v) is 1.20. The fraction of sp³-hybridized carbons (Fsp3) is 0.200. The van der Waals surface area contributed by atoms with Gasteiger partial charge in [0.25, 0.3) is 5.91 Å². The monoisotopic (exact) mass is 235 g/mol. The molecule has 0 aromatic heterocycles. The topological polar surface area (TPSA) is 105 Å². The van der Waals surface area contributed by atoms with Crippen LogP contribution < -0.4 is 10.1 Å². The van der Waals surface area contributed by atoms with Crippen molar-refractivity contribution in [1.82, 2.24) is 5.32 Å². The zero-order chi connectivity index (χ0) is 12.8. The summed E-state index contributed by atoms with van der Waals surface area (Å²) in [5, 5.41) is 21.3. The van der Waals surface area contributed by atoms with E-state index in [1.807, 2.05) is 0 Å². The molecule has 7 nitrogen and oxygen atoms in total. The Morgan fingerprint density at radius 1 is 1.65 bits per heavy atom. The molecule has 7 heteroatoms. The van der Waals surface area contributed by atoms with Crippen molar-refractivity contribution in [3.63, 3.8) is 0 Å². The third kappa shape index (κ3) is 2.92. The number of nitrogens with one attached hydrogen (secondary N) is 1. The highest BCUT2D eigenvalue weighted by Crippen LogP contribution is 2.27. The minimum atomic E-state index is -0.639. The van der Waals surface area contributed by atoms with E-state index in [1.54, 1.807) is 6.07 Å². The van der Waals surface area contributed by atoms with Crippen molar-refractivity contribution in [3.05, 3.63) is 33.9 Å². The lowest BCUT2D eigenvalue weighted by atomic mass is 10.1. The molecule has 0 spiro atoms. The molecule has 1 amide bonds. The Morgan fingerprint density at radius 2 is 2.35 bits per heavy atom. The lowest BCUT2D eigenvalue weighted by Gasteiger charge is -2.04. The van der Waals surface area contributed by atoms with Crippen LogP contribution in [-0.2, 0) is 0 Å². The predicted molar refractivity (Wildman–Crippen MR) is 57.6 cm³/mol. The maximum absolute atomic E-state index is 11.5. The van der Waals surface area contributed by atoms with Crippen molar-refractivity contribution in [2.45, 2.75) is 0 Å². The first kappa shape index (κ1) is 12.4. The summed E-state index contributed by atoms with van der Waals surface area (Å²) in [6.07, 6.45) is 0. The number of carbonyl (C=O) groups excluding carboxylic acids is 1. The van der Waals surface area contributed by atoms with Gasteiger partial charge in [-0.15, -0.1) is 0 Å². The zero-order valence-electron chi connectivity index (χ0n) is 8.97. The quantitative estimate of drug-likeness (QED) is 0.473. The number of methoxy groups -OCH3 is 1. The van der Waals surface area contributed by atoms with Gasteiger partial charge in [0.2, 0.25) is 0 Å². The molecule has 0 unspecified atom stereocenters. The SMILES string of the molecule is COc1ccc(C(=O)NCC#N)cc1[N+](=O)[O-]. The maximum atomic E-state index is 11.5. The van der Waals surface area contributed by atoms with Gasteiger partial charge in [-0.2, -0.15) is 5.26 Å². The van der Waals surface area contributed by atoms with E-state index in [-0.39, 0.29) is 23.5 Å². The minimum absolute atomic E-state index is 0.0758. The number of nitriles is 1.